The van der Waals surface area contributed by atoms with Crippen LogP contribution in [-0.4, -0.2) is 36.3 Å². The van der Waals surface area contributed by atoms with Crippen LogP contribution >= 0.6 is 0 Å². The van der Waals surface area contributed by atoms with Gasteiger partial charge in [-0.15, -0.1) is 0 Å². The average molecular weight is 320 g/mol. The third kappa shape index (κ3) is 5.05. The third-order valence-corrected chi connectivity index (χ3v) is 4.22. The molecule has 5 heteroatoms. The number of amides is 2. The van der Waals surface area contributed by atoms with E-state index in [1.165, 1.54) is 6.07 Å². The molecule has 0 aromatic heterocycles. The Morgan fingerprint density at radius 2 is 2.13 bits per heavy atom. The molecule has 1 aliphatic heterocycles. The van der Waals surface area contributed by atoms with E-state index in [9.17, 15) is 14.0 Å². The fourth-order valence-electron chi connectivity index (χ4n) is 2.75. The zero-order valence-electron chi connectivity index (χ0n) is 13.8. The molecule has 126 valence electrons. The highest BCUT2D eigenvalue weighted by molar-refractivity contribution is 5.89. The van der Waals surface area contributed by atoms with Gasteiger partial charge in [-0.05, 0) is 30.4 Å². The summed E-state index contributed by atoms with van der Waals surface area (Å²) < 4.78 is 13.6. The number of nitrogens with one attached hydrogen (secondary N) is 1. The fraction of sp³-hybridized carbons (Fsp3) is 0.556. The minimum atomic E-state index is -0.282. The minimum Gasteiger partial charge on any atom is -0.356 e. The van der Waals surface area contributed by atoms with Crippen LogP contribution in [0.25, 0.3) is 0 Å². The molecule has 1 heterocycles. The Kier molecular flexibility index (Phi) is 6.13. The molecule has 0 saturated carbocycles. The van der Waals surface area contributed by atoms with E-state index in [0.717, 1.165) is 6.42 Å². The van der Waals surface area contributed by atoms with Gasteiger partial charge in [0.05, 0.1) is 5.92 Å². The van der Waals surface area contributed by atoms with E-state index in [0.29, 0.717) is 37.5 Å². The van der Waals surface area contributed by atoms with Gasteiger partial charge in [-0.3, -0.25) is 9.59 Å². The number of hydrogen-bond acceptors (Lipinski definition) is 2. The molecule has 1 N–H and O–H groups in total. The van der Waals surface area contributed by atoms with Crippen LogP contribution in [0.2, 0.25) is 0 Å². The Morgan fingerprint density at radius 3 is 2.83 bits per heavy atom. The number of carbonyl (C=O) groups is 2. The van der Waals surface area contributed by atoms with Crippen LogP contribution in [0.5, 0.6) is 0 Å². The summed E-state index contributed by atoms with van der Waals surface area (Å²) in [7, 11) is 0. The van der Waals surface area contributed by atoms with Crippen molar-refractivity contribution in [3.8, 4) is 0 Å². The number of hydrogen-bond donors (Lipinski definition) is 1. The van der Waals surface area contributed by atoms with Crippen molar-refractivity contribution in [3.63, 3.8) is 0 Å². The highest BCUT2D eigenvalue weighted by Gasteiger charge is 2.33. The molecule has 1 saturated heterocycles. The molecule has 4 nitrogen and oxygen atoms in total. The van der Waals surface area contributed by atoms with E-state index >= 15 is 0 Å². The molecule has 0 radical (unpaired) electrons. The lowest BCUT2D eigenvalue weighted by atomic mass is 10.1. The van der Waals surface area contributed by atoms with Crippen LogP contribution in [0.1, 0.15) is 32.3 Å². The van der Waals surface area contributed by atoms with Gasteiger partial charge in [-0.2, -0.15) is 0 Å². The lowest BCUT2D eigenvalue weighted by Gasteiger charge is -2.17. The first-order chi connectivity index (χ1) is 11.0. The topological polar surface area (TPSA) is 49.4 Å². The maximum Gasteiger partial charge on any atom is 0.225 e. The van der Waals surface area contributed by atoms with Crippen molar-refractivity contribution in [2.24, 2.45) is 11.8 Å². The molecule has 0 spiro atoms. The van der Waals surface area contributed by atoms with Gasteiger partial charge in [-0.25, -0.2) is 4.39 Å². The van der Waals surface area contributed by atoms with Gasteiger partial charge >= 0.3 is 0 Å². The Hall–Kier alpha value is -1.91. The molecule has 1 aromatic rings. The van der Waals surface area contributed by atoms with Crippen molar-refractivity contribution in [2.75, 3.05) is 19.6 Å². The van der Waals surface area contributed by atoms with Crippen LogP contribution in [0, 0.1) is 17.7 Å². The zero-order chi connectivity index (χ0) is 16.8. The largest absolute Gasteiger partial charge is 0.356 e. The summed E-state index contributed by atoms with van der Waals surface area (Å²) in [5, 5.41) is 2.90. The van der Waals surface area contributed by atoms with Gasteiger partial charge in [0.2, 0.25) is 11.8 Å². The molecule has 0 aliphatic carbocycles. The molecule has 2 amide bonds. The van der Waals surface area contributed by atoms with Gasteiger partial charge in [0.1, 0.15) is 5.82 Å². The number of nitrogens with zero attached hydrogens (tertiary/aromatic N) is 1. The highest BCUT2D eigenvalue weighted by atomic mass is 19.1. The molecule has 1 fully saturated rings. The average Bonchev–Trinajstić information content (AvgIpc) is 2.87. The Balaban J connectivity index is 1.80. The summed E-state index contributed by atoms with van der Waals surface area (Å²) in [6.45, 7) is 5.75. The summed E-state index contributed by atoms with van der Waals surface area (Å²) in [4.78, 5) is 25.8. The van der Waals surface area contributed by atoms with Gasteiger partial charge in [0.15, 0.2) is 0 Å². The van der Waals surface area contributed by atoms with Crippen molar-refractivity contribution in [1.82, 2.24) is 10.2 Å². The predicted octanol–water partition coefficient (Wildman–Crippen LogP) is 2.38. The Bertz CT molecular complexity index is 560. The molecular formula is C18H25FN2O2. The SMILES string of the molecule is CC(C)CCNC(=O)C1CC(=O)N(CCc2ccccc2F)C1. The lowest BCUT2D eigenvalue weighted by molar-refractivity contribution is -0.129. The zero-order valence-corrected chi connectivity index (χ0v) is 13.8. The number of carbonyl (C=O) groups excluding carboxylic acids is 2. The number of rotatable bonds is 7. The summed E-state index contributed by atoms with van der Waals surface area (Å²) in [6.07, 6.45) is 1.66. The summed E-state index contributed by atoms with van der Waals surface area (Å²) in [5.74, 6) is -0.0621. The molecule has 23 heavy (non-hydrogen) atoms. The van der Waals surface area contributed by atoms with E-state index in [2.05, 4.69) is 19.2 Å². The van der Waals surface area contributed by atoms with Crippen LogP contribution in [0.4, 0.5) is 4.39 Å². The lowest BCUT2D eigenvalue weighted by Crippen LogP contribution is -2.34. The maximum atomic E-state index is 13.6. The van der Waals surface area contributed by atoms with E-state index in [1.807, 2.05) is 0 Å². The van der Waals surface area contributed by atoms with Crippen LogP contribution in [-0.2, 0) is 16.0 Å². The van der Waals surface area contributed by atoms with Crippen molar-refractivity contribution in [3.05, 3.63) is 35.6 Å². The van der Waals surface area contributed by atoms with Crippen LogP contribution in [0.3, 0.4) is 0 Å². The number of benzene rings is 1. The van der Waals surface area contributed by atoms with Crippen molar-refractivity contribution < 1.29 is 14.0 Å². The smallest absolute Gasteiger partial charge is 0.225 e. The van der Waals surface area contributed by atoms with E-state index in [1.54, 1.807) is 23.1 Å². The summed E-state index contributed by atoms with van der Waals surface area (Å²) in [5.41, 5.74) is 0.602. The predicted molar refractivity (Wildman–Crippen MR) is 87.3 cm³/mol. The van der Waals surface area contributed by atoms with Gasteiger partial charge in [0.25, 0.3) is 0 Å². The highest BCUT2D eigenvalue weighted by Crippen LogP contribution is 2.19. The van der Waals surface area contributed by atoms with Crippen molar-refractivity contribution in [2.45, 2.75) is 33.1 Å². The van der Waals surface area contributed by atoms with Gasteiger partial charge in [0, 0.05) is 26.1 Å². The van der Waals surface area contributed by atoms with Crippen molar-refractivity contribution in [1.29, 1.82) is 0 Å². The molecule has 1 unspecified atom stereocenters. The first-order valence-electron chi connectivity index (χ1n) is 8.26. The molecule has 1 aliphatic rings. The normalized spacial score (nSPS) is 17.8. The maximum absolute atomic E-state index is 13.6. The number of likely N-dealkylation sites (tertiary alicyclic amines) is 1. The second-order valence-electron chi connectivity index (χ2n) is 6.56. The van der Waals surface area contributed by atoms with Crippen LogP contribution < -0.4 is 5.32 Å². The quantitative estimate of drug-likeness (QED) is 0.838. The van der Waals surface area contributed by atoms with Crippen molar-refractivity contribution >= 4 is 11.8 Å². The fourth-order valence-corrected chi connectivity index (χ4v) is 2.75. The first-order valence-corrected chi connectivity index (χ1v) is 8.26. The molecular weight excluding hydrogens is 295 g/mol. The summed E-state index contributed by atoms with van der Waals surface area (Å²) >= 11 is 0. The van der Waals surface area contributed by atoms with Crippen LogP contribution in [0.15, 0.2) is 24.3 Å². The van der Waals surface area contributed by atoms with E-state index in [-0.39, 0.29) is 30.0 Å². The summed E-state index contributed by atoms with van der Waals surface area (Å²) in [6, 6.07) is 6.59. The molecule has 1 aromatic carbocycles. The monoisotopic (exact) mass is 320 g/mol. The second-order valence-corrected chi connectivity index (χ2v) is 6.56. The third-order valence-electron chi connectivity index (χ3n) is 4.22. The van der Waals surface area contributed by atoms with E-state index in [4.69, 9.17) is 0 Å². The standard InChI is InChI=1S/C18H25FN2O2/c1-13(2)7-9-20-18(23)15-11-17(22)21(12-15)10-8-14-5-3-4-6-16(14)19/h3-6,13,15H,7-12H2,1-2H3,(H,20,23). The number of halogens is 1. The molecule has 2 rings (SSSR count). The van der Waals surface area contributed by atoms with Gasteiger partial charge < -0.3 is 10.2 Å². The minimum absolute atomic E-state index is 0.0228. The van der Waals surface area contributed by atoms with Gasteiger partial charge in [-0.1, -0.05) is 32.0 Å². The first kappa shape index (κ1) is 17.4. The Labute approximate surface area is 137 Å². The molecule has 1 atom stereocenters. The Morgan fingerprint density at radius 1 is 1.39 bits per heavy atom. The molecule has 0 bridgehead atoms. The second kappa shape index (κ2) is 8.09. The van der Waals surface area contributed by atoms with E-state index < -0.39 is 0 Å².